The van der Waals surface area contributed by atoms with Crippen molar-refractivity contribution in [3.8, 4) is 0 Å². The molecular formula is C21H24ClFN4O2. The number of anilines is 2. The fourth-order valence-corrected chi connectivity index (χ4v) is 3.47. The first-order valence-corrected chi connectivity index (χ1v) is 9.99. The van der Waals surface area contributed by atoms with Gasteiger partial charge in [0.1, 0.15) is 11.6 Å². The third kappa shape index (κ3) is 6.24. The number of nitrogens with zero attached hydrogens (tertiary/aromatic N) is 2. The van der Waals surface area contributed by atoms with Crippen molar-refractivity contribution in [2.45, 2.75) is 26.2 Å². The van der Waals surface area contributed by atoms with E-state index >= 15 is 0 Å². The van der Waals surface area contributed by atoms with Crippen LogP contribution >= 0.6 is 11.6 Å². The molecule has 2 amide bonds. The quantitative estimate of drug-likeness (QED) is 0.747. The van der Waals surface area contributed by atoms with Gasteiger partial charge in [-0.25, -0.2) is 9.37 Å². The van der Waals surface area contributed by atoms with Crippen molar-refractivity contribution < 1.29 is 14.0 Å². The minimum Gasteiger partial charge on any atom is -0.324 e. The zero-order chi connectivity index (χ0) is 20.8. The Balaban J connectivity index is 1.40. The molecule has 1 fully saturated rings. The summed E-state index contributed by atoms with van der Waals surface area (Å²) in [7, 11) is 0. The highest BCUT2D eigenvalue weighted by atomic mass is 35.5. The van der Waals surface area contributed by atoms with E-state index in [0.29, 0.717) is 12.4 Å². The van der Waals surface area contributed by atoms with Gasteiger partial charge < -0.3 is 15.5 Å². The van der Waals surface area contributed by atoms with E-state index in [-0.39, 0.29) is 34.9 Å². The minimum absolute atomic E-state index is 0.0151. The summed E-state index contributed by atoms with van der Waals surface area (Å²) in [6.07, 6.45) is 3.39. The predicted molar refractivity (Wildman–Crippen MR) is 111 cm³/mol. The molecule has 0 unspecified atom stereocenters. The summed E-state index contributed by atoms with van der Waals surface area (Å²) in [6, 6.07) is 7.87. The average molecular weight is 419 g/mol. The summed E-state index contributed by atoms with van der Waals surface area (Å²) in [6.45, 7) is 3.99. The van der Waals surface area contributed by atoms with Gasteiger partial charge in [0.25, 0.3) is 0 Å². The highest BCUT2D eigenvalue weighted by molar-refractivity contribution is 6.30. The van der Waals surface area contributed by atoms with Gasteiger partial charge in [-0.05, 0) is 68.8 Å². The number of nitrogens with one attached hydrogen (secondary N) is 2. The van der Waals surface area contributed by atoms with Crippen molar-refractivity contribution in [1.29, 1.82) is 0 Å². The maximum atomic E-state index is 13.8. The molecule has 2 N–H and O–H groups in total. The number of piperidine rings is 1. The van der Waals surface area contributed by atoms with Gasteiger partial charge in [-0.3, -0.25) is 9.59 Å². The van der Waals surface area contributed by atoms with E-state index in [9.17, 15) is 14.0 Å². The van der Waals surface area contributed by atoms with E-state index in [1.807, 2.05) is 19.1 Å². The molecular weight excluding hydrogens is 395 g/mol. The second-order valence-electron chi connectivity index (χ2n) is 7.25. The lowest BCUT2D eigenvalue weighted by Crippen LogP contribution is -2.39. The molecule has 0 aliphatic carbocycles. The van der Waals surface area contributed by atoms with Gasteiger partial charge in [-0.15, -0.1) is 0 Å². The molecule has 1 aliphatic rings. The third-order valence-corrected chi connectivity index (χ3v) is 5.22. The van der Waals surface area contributed by atoms with E-state index in [4.69, 9.17) is 11.6 Å². The van der Waals surface area contributed by atoms with Crippen LogP contribution in [0.2, 0.25) is 5.02 Å². The molecule has 2 aromatic rings. The lowest BCUT2D eigenvalue weighted by atomic mass is 9.96. The second-order valence-corrected chi connectivity index (χ2v) is 7.68. The van der Waals surface area contributed by atoms with Crippen molar-refractivity contribution >= 4 is 34.9 Å². The Morgan fingerprint density at radius 2 is 1.97 bits per heavy atom. The zero-order valence-electron chi connectivity index (χ0n) is 16.3. The molecule has 1 aliphatic heterocycles. The van der Waals surface area contributed by atoms with Gasteiger partial charge in [0, 0.05) is 30.1 Å². The van der Waals surface area contributed by atoms with Crippen LogP contribution < -0.4 is 10.6 Å². The topological polar surface area (TPSA) is 74.3 Å². The van der Waals surface area contributed by atoms with E-state index < -0.39 is 5.82 Å². The van der Waals surface area contributed by atoms with Crippen LogP contribution in [0, 0.1) is 18.7 Å². The molecule has 8 heteroatoms. The first-order chi connectivity index (χ1) is 13.9. The van der Waals surface area contributed by atoms with Crippen LogP contribution in [0.3, 0.4) is 0 Å². The molecule has 0 bridgehead atoms. The number of rotatable bonds is 6. The zero-order valence-corrected chi connectivity index (χ0v) is 17.0. The van der Waals surface area contributed by atoms with Crippen molar-refractivity contribution in [1.82, 2.24) is 9.88 Å². The Morgan fingerprint density at radius 3 is 2.66 bits per heavy atom. The fraction of sp³-hybridized carbons (Fsp3) is 0.381. The number of benzene rings is 1. The number of aromatic nitrogens is 1. The van der Waals surface area contributed by atoms with Crippen LogP contribution in [0.25, 0.3) is 0 Å². The van der Waals surface area contributed by atoms with Crippen molar-refractivity contribution in [3.63, 3.8) is 0 Å². The first kappa shape index (κ1) is 21.2. The normalized spacial score (nSPS) is 15.1. The SMILES string of the molecule is Cc1ccnc(NC(=O)C2CCN(CCC(=O)Nc3ccc(Cl)cc3F)CC2)c1. The molecule has 0 saturated carbocycles. The van der Waals surface area contributed by atoms with Crippen molar-refractivity contribution in [3.05, 3.63) is 52.9 Å². The fourth-order valence-electron chi connectivity index (χ4n) is 3.31. The highest BCUT2D eigenvalue weighted by Crippen LogP contribution is 2.21. The number of aryl methyl sites for hydroxylation is 1. The maximum absolute atomic E-state index is 13.8. The van der Waals surface area contributed by atoms with Crippen LogP contribution in [0.15, 0.2) is 36.5 Å². The molecule has 1 aromatic carbocycles. The standard InChI is InChI=1S/C21H24ClFN4O2/c1-14-4-8-24-19(12-14)26-21(29)15-5-9-27(10-6-15)11-7-20(28)25-18-3-2-16(22)13-17(18)23/h2-4,8,12-13,15H,5-7,9-11H2,1H3,(H,25,28)(H,24,26,29). The van der Waals surface area contributed by atoms with E-state index in [0.717, 1.165) is 31.5 Å². The maximum Gasteiger partial charge on any atom is 0.228 e. The van der Waals surface area contributed by atoms with Crippen LogP contribution in [0.5, 0.6) is 0 Å². The third-order valence-electron chi connectivity index (χ3n) is 4.99. The first-order valence-electron chi connectivity index (χ1n) is 9.61. The summed E-state index contributed by atoms with van der Waals surface area (Å²) < 4.78 is 13.8. The van der Waals surface area contributed by atoms with E-state index in [1.165, 1.54) is 18.2 Å². The van der Waals surface area contributed by atoms with Gasteiger partial charge in [0.2, 0.25) is 11.8 Å². The van der Waals surface area contributed by atoms with Crippen LogP contribution in [0.4, 0.5) is 15.9 Å². The van der Waals surface area contributed by atoms with Gasteiger partial charge >= 0.3 is 0 Å². The largest absolute Gasteiger partial charge is 0.324 e. The van der Waals surface area contributed by atoms with Crippen LogP contribution in [0.1, 0.15) is 24.8 Å². The predicted octanol–water partition coefficient (Wildman–Crippen LogP) is 3.86. The van der Waals surface area contributed by atoms with Crippen LogP contribution in [-0.2, 0) is 9.59 Å². The summed E-state index contributed by atoms with van der Waals surface area (Å²) in [5.41, 5.74) is 1.17. The molecule has 0 spiro atoms. The summed E-state index contributed by atoms with van der Waals surface area (Å²) in [5.74, 6) is -0.315. The number of halogens is 2. The van der Waals surface area contributed by atoms with E-state index in [2.05, 4.69) is 20.5 Å². The molecule has 0 atom stereocenters. The lowest BCUT2D eigenvalue weighted by molar-refractivity contribution is -0.121. The van der Waals surface area contributed by atoms with Gasteiger partial charge in [-0.1, -0.05) is 11.6 Å². The second kappa shape index (κ2) is 9.80. The summed E-state index contributed by atoms with van der Waals surface area (Å²) in [5, 5.41) is 5.72. The number of pyridine rings is 1. The van der Waals surface area contributed by atoms with Crippen LogP contribution in [-0.4, -0.2) is 41.3 Å². The molecule has 3 rings (SSSR count). The number of amides is 2. The monoisotopic (exact) mass is 418 g/mol. The number of hydrogen-bond donors (Lipinski definition) is 2. The molecule has 154 valence electrons. The molecule has 1 aromatic heterocycles. The Hall–Kier alpha value is -2.51. The average Bonchev–Trinajstić information content (AvgIpc) is 2.69. The molecule has 29 heavy (non-hydrogen) atoms. The molecule has 6 nitrogen and oxygen atoms in total. The van der Waals surface area contributed by atoms with E-state index in [1.54, 1.807) is 6.20 Å². The Labute approximate surface area is 174 Å². The number of carbonyl (C=O) groups is 2. The van der Waals surface area contributed by atoms with Gasteiger partial charge in [0.05, 0.1) is 5.69 Å². The molecule has 1 saturated heterocycles. The summed E-state index contributed by atoms with van der Waals surface area (Å²) in [4.78, 5) is 30.8. The van der Waals surface area contributed by atoms with Gasteiger partial charge in [0.15, 0.2) is 0 Å². The van der Waals surface area contributed by atoms with Gasteiger partial charge in [-0.2, -0.15) is 0 Å². The number of hydrogen-bond acceptors (Lipinski definition) is 4. The number of carbonyl (C=O) groups excluding carboxylic acids is 2. The Morgan fingerprint density at radius 1 is 1.21 bits per heavy atom. The Kier molecular flexibility index (Phi) is 7.17. The van der Waals surface area contributed by atoms with Crippen molar-refractivity contribution in [2.75, 3.05) is 30.3 Å². The number of likely N-dealkylation sites (tertiary alicyclic amines) is 1. The minimum atomic E-state index is -0.555. The highest BCUT2D eigenvalue weighted by Gasteiger charge is 2.25. The molecule has 0 radical (unpaired) electrons. The smallest absolute Gasteiger partial charge is 0.228 e. The van der Waals surface area contributed by atoms with Crippen molar-refractivity contribution in [2.24, 2.45) is 5.92 Å². The Bertz CT molecular complexity index is 885. The molecule has 2 heterocycles. The lowest BCUT2D eigenvalue weighted by Gasteiger charge is -2.31. The summed E-state index contributed by atoms with van der Waals surface area (Å²) >= 11 is 5.71.